The normalized spacial score (nSPS) is 11.9. The third-order valence-corrected chi connectivity index (χ3v) is 3.01. The zero-order chi connectivity index (χ0) is 15.4. The number of nitrogens with zero attached hydrogens (tertiary/aromatic N) is 1. The summed E-state index contributed by atoms with van der Waals surface area (Å²) >= 11 is 0. The van der Waals surface area contributed by atoms with Crippen molar-refractivity contribution in [1.82, 2.24) is 0 Å². The van der Waals surface area contributed by atoms with Gasteiger partial charge in [-0.1, -0.05) is 12.1 Å². The zero-order valence-corrected chi connectivity index (χ0v) is 11.4. The number of phenols is 1. The molecule has 6 heteroatoms. The Morgan fingerprint density at radius 1 is 1.33 bits per heavy atom. The minimum absolute atomic E-state index is 0.130. The fraction of sp³-hybridized carbons (Fsp3) is 0.200. The SMILES string of the molecule is CC(Cc1cccc(F)c1)Nc1ccc(O)cc1[N+](=O)[O-]. The number of nitro benzene ring substituents is 1. The number of halogens is 1. The number of hydrogen-bond donors (Lipinski definition) is 2. The Hall–Kier alpha value is -2.63. The number of phenolic OH excluding ortho intramolecular Hbond substituents is 1. The molecule has 0 fully saturated rings. The lowest BCUT2D eigenvalue weighted by Gasteiger charge is -2.15. The number of anilines is 1. The number of benzene rings is 2. The summed E-state index contributed by atoms with van der Waals surface area (Å²) < 4.78 is 13.1. The maximum atomic E-state index is 13.1. The van der Waals surface area contributed by atoms with E-state index in [2.05, 4.69) is 5.32 Å². The largest absolute Gasteiger partial charge is 0.508 e. The van der Waals surface area contributed by atoms with Gasteiger partial charge in [0, 0.05) is 6.04 Å². The van der Waals surface area contributed by atoms with Crippen LogP contribution in [-0.4, -0.2) is 16.1 Å². The molecule has 1 atom stereocenters. The van der Waals surface area contributed by atoms with Crippen molar-refractivity contribution in [3.63, 3.8) is 0 Å². The third kappa shape index (κ3) is 3.92. The average Bonchev–Trinajstić information content (AvgIpc) is 2.40. The van der Waals surface area contributed by atoms with E-state index in [1.165, 1.54) is 24.3 Å². The van der Waals surface area contributed by atoms with E-state index in [1.807, 2.05) is 6.92 Å². The number of rotatable bonds is 5. The summed E-state index contributed by atoms with van der Waals surface area (Å²) in [4.78, 5) is 10.4. The van der Waals surface area contributed by atoms with E-state index in [-0.39, 0.29) is 23.3 Å². The molecule has 0 aliphatic carbocycles. The average molecular weight is 290 g/mol. The molecule has 5 nitrogen and oxygen atoms in total. The van der Waals surface area contributed by atoms with Crippen LogP contribution in [0.5, 0.6) is 5.75 Å². The van der Waals surface area contributed by atoms with Gasteiger partial charge in [0.1, 0.15) is 17.3 Å². The lowest BCUT2D eigenvalue weighted by atomic mass is 10.1. The molecule has 2 N–H and O–H groups in total. The van der Waals surface area contributed by atoms with E-state index in [4.69, 9.17) is 0 Å². The summed E-state index contributed by atoms with van der Waals surface area (Å²) in [5.41, 5.74) is 0.930. The van der Waals surface area contributed by atoms with Crippen LogP contribution in [0.4, 0.5) is 15.8 Å². The molecule has 21 heavy (non-hydrogen) atoms. The van der Waals surface area contributed by atoms with Crippen LogP contribution in [0.25, 0.3) is 0 Å². The second-order valence-electron chi connectivity index (χ2n) is 4.84. The van der Waals surface area contributed by atoms with E-state index < -0.39 is 4.92 Å². The van der Waals surface area contributed by atoms with Crippen LogP contribution >= 0.6 is 0 Å². The third-order valence-electron chi connectivity index (χ3n) is 3.01. The van der Waals surface area contributed by atoms with Crippen molar-refractivity contribution in [3.05, 3.63) is 64.0 Å². The number of aromatic hydroxyl groups is 1. The molecule has 0 saturated carbocycles. The van der Waals surface area contributed by atoms with Crippen molar-refractivity contribution in [2.75, 3.05) is 5.32 Å². The van der Waals surface area contributed by atoms with Gasteiger partial charge in [-0.15, -0.1) is 0 Å². The van der Waals surface area contributed by atoms with Crippen molar-refractivity contribution in [1.29, 1.82) is 0 Å². The van der Waals surface area contributed by atoms with Gasteiger partial charge in [0.2, 0.25) is 0 Å². The van der Waals surface area contributed by atoms with E-state index >= 15 is 0 Å². The van der Waals surface area contributed by atoms with Gasteiger partial charge in [-0.05, 0) is 43.2 Å². The Morgan fingerprint density at radius 3 is 2.76 bits per heavy atom. The van der Waals surface area contributed by atoms with E-state index in [9.17, 15) is 19.6 Å². The molecule has 1 unspecified atom stereocenters. The molecular formula is C15H15FN2O3. The highest BCUT2D eigenvalue weighted by molar-refractivity contribution is 5.64. The fourth-order valence-corrected chi connectivity index (χ4v) is 2.13. The molecular weight excluding hydrogens is 275 g/mol. The second-order valence-corrected chi connectivity index (χ2v) is 4.84. The van der Waals surface area contributed by atoms with Crippen LogP contribution in [-0.2, 0) is 6.42 Å². The number of nitro groups is 1. The highest BCUT2D eigenvalue weighted by Crippen LogP contribution is 2.29. The Labute approximate surface area is 121 Å². The summed E-state index contributed by atoms with van der Waals surface area (Å²) in [6, 6.07) is 10.0. The molecule has 2 rings (SSSR count). The van der Waals surface area contributed by atoms with Gasteiger partial charge < -0.3 is 10.4 Å². The van der Waals surface area contributed by atoms with Crippen LogP contribution < -0.4 is 5.32 Å². The second kappa shape index (κ2) is 6.21. The van der Waals surface area contributed by atoms with Crippen LogP contribution in [0.3, 0.4) is 0 Å². The van der Waals surface area contributed by atoms with Gasteiger partial charge in [0.05, 0.1) is 11.0 Å². The highest BCUT2D eigenvalue weighted by atomic mass is 19.1. The molecule has 2 aromatic rings. The predicted octanol–water partition coefficient (Wildman–Crippen LogP) is 3.48. The van der Waals surface area contributed by atoms with Crippen LogP contribution in [0.15, 0.2) is 42.5 Å². The standard InChI is InChI=1S/C15H15FN2O3/c1-10(7-11-3-2-4-12(16)8-11)17-14-6-5-13(19)9-15(14)18(20)21/h2-6,8-10,17,19H,7H2,1H3. The van der Waals surface area contributed by atoms with E-state index in [0.717, 1.165) is 11.6 Å². The predicted molar refractivity (Wildman–Crippen MR) is 77.9 cm³/mol. The molecule has 0 aromatic heterocycles. The monoisotopic (exact) mass is 290 g/mol. The summed E-state index contributed by atoms with van der Waals surface area (Å²) in [7, 11) is 0. The first-order chi connectivity index (χ1) is 9.95. The minimum atomic E-state index is -0.559. The van der Waals surface area contributed by atoms with Crippen LogP contribution in [0, 0.1) is 15.9 Å². The van der Waals surface area contributed by atoms with E-state index in [1.54, 1.807) is 12.1 Å². The Morgan fingerprint density at radius 2 is 2.10 bits per heavy atom. The first kappa shape index (κ1) is 14.8. The molecule has 0 spiro atoms. The lowest BCUT2D eigenvalue weighted by molar-refractivity contribution is -0.384. The van der Waals surface area contributed by atoms with Crippen LogP contribution in [0.1, 0.15) is 12.5 Å². The molecule has 0 heterocycles. The topological polar surface area (TPSA) is 75.4 Å². The molecule has 0 aliphatic rings. The lowest BCUT2D eigenvalue weighted by Crippen LogP contribution is -2.18. The van der Waals surface area contributed by atoms with Crippen molar-refractivity contribution < 1.29 is 14.4 Å². The molecule has 0 saturated heterocycles. The summed E-state index contributed by atoms with van der Waals surface area (Å²) in [6.07, 6.45) is 0.524. The van der Waals surface area contributed by atoms with Gasteiger partial charge in [-0.25, -0.2) is 4.39 Å². The summed E-state index contributed by atoms with van der Waals surface area (Å²) in [6.45, 7) is 1.85. The first-order valence-electron chi connectivity index (χ1n) is 6.44. The van der Waals surface area contributed by atoms with Gasteiger partial charge in [0.15, 0.2) is 0 Å². The smallest absolute Gasteiger partial charge is 0.296 e. The Balaban J connectivity index is 2.12. The molecule has 0 aliphatic heterocycles. The van der Waals surface area contributed by atoms with Gasteiger partial charge in [0.25, 0.3) is 5.69 Å². The molecule has 110 valence electrons. The van der Waals surface area contributed by atoms with Crippen molar-refractivity contribution in [2.24, 2.45) is 0 Å². The fourth-order valence-electron chi connectivity index (χ4n) is 2.13. The number of nitrogens with one attached hydrogen (secondary N) is 1. The maximum Gasteiger partial charge on any atom is 0.296 e. The number of hydrogen-bond acceptors (Lipinski definition) is 4. The Bertz CT molecular complexity index is 661. The summed E-state index contributed by atoms with van der Waals surface area (Å²) in [5, 5.41) is 23.3. The maximum absolute atomic E-state index is 13.1. The first-order valence-corrected chi connectivity index (χ1v) is 6.44. The summed E-state index contributed by atoms with van der Waals surface area (Å²) in [5.74, 6) is -0.472. The van der Waals surface area contributed by atoms with Gasteiger partial charge in [-0.3, -0.25) is 10.1 Å². The molecule has 0 radical (unpaired) electrons. The van der Waals surface area contributed by atoms with Crippen molar-refractivity contribution >= 4 is 11.4 Å². The molecule has 0 amide bonds. The van der Waals surface area contributed by atoms with Gasteiger partial charge in [-0.2, -0.15) is 0 Å². The highest BCUT2D eigenvalue weighted by Gasteiger charge is 2.16. The Kier molecular flexibility index (Phi) is 4.37. The zero-order valence-electron chi connectivity index (χ0n) is 11.4. The molecule has 2 aromatic carbocycles. The quantitative estimate of drug-likeness (QED) is 0.502. The van der Waals surface area contributed by atoms with E-state index in [0.29, 0.717) is 12.1 Å². The minimum Gasteiger partial charge on any atom is -0.508 e. The van der Waals surface area contributed by atoms with Crippen molar-refractivity contribution in [3.8, 4) is 5.75 Å². The van der Waals surface area contributed by atoms with Crippen LogP contribution in [0.2, 0.25) is 0 Å². The molecule has 0 bridgehead atoms. The van der Waals surface area contributed by atoms with Crippen molar-refractivity contribution in [2.45, 2.75) is 19.4 Å². The van der Waals surface area contributed by atoms with Gasteiger partial charge >= 0.3 is 0 Å².